The first-order valence-electron chi connectivity index (χ1n) is 4.46. The molecule has 1 heterocycles. The lowest BCUT2D eigenvalue weighted by Crippen LogP contribution is -2.49. The van der Waals surface area contributed by atoms with Gasteiger partial charge in [-0.05, 0) is 6.42 Å². The van der Waals surface area contributed by atoms with Gasteiger partial charge in [-0.1, -0.05) is 0 Å². The molecule has 82 valence electrons. The van der Waals surface area contributed by atoms with Crippen molar-refractivity contribution in [2.75, 3.05) is 6.54 Å². The molecule has 0 aromatic heterocycles. The van der Waals surface area contributed by atoms with Crippen molar-refractivity contribution in [3.05, 3.63) is 0 Å². The van der Waals surface area contributed by atoms with Crippen molar-refractivity contribution in [2.24, 2.45) is 0 Å². The number of alkyl halides is 4. The van der Waals surface area contributed by atoms with Crippen LogP contribution < -0.4 is 5.32 Å². The number of aliphatic hydroxyl groups excluding tert-OH is 1. The zero-order valence-electron chi connectivity index (χ0n) is 7.36. The van der Waals surface area contributed by atoms with Crippen LogP contribution >= 0.6 is 0 Å². The lowest BCUT2D eigenvalue weighted by molar-refractivity contribution is -0.100. The minimum Gasteiger partial charge on any atom is -0.385 e. The Morgan fingerprint density at radius 1 is 1.14 bits per heavy atom. The molecule has 2 aliphatic rings. The van der Waals surface area contributed by atoms with Crippen LogP contribution in [0.2, 0.25) is 0 Å². The Bertz CT molecular complexity index is 254. The molecule has 1 saturated heterocycles. The summed E-state index contributed by atoms with van der Waals surface area (Å²) in [5.41, 5.74) is -1.48. The van der Waals surface area contributed by atoms with Gasteiger partial charge < -0.3 is 10.4 Å². The summed E-state index contributed by atoms with van der Waals surface area (Å²) < 4.78 is 51.6. The third-order valence-electron chi connectivity index (χ3n) is 3.11. The van der Waals surface area contributed by atoms with E-state index in [9.17, 15) is 22.7 Å². The highest BCUT2D eigenvalue weighted by Crippen LogP contribution is 2.48. The highest BCUT2D eigenvalue weighted by atomic mass is 19.3. The molecule has 2 rings (SSSR count). The van der Waals surface area contributed by atoms with Gasteiger partial charge in [0.2, 0.25) is 5.92 Å². The Balaban J connectivity index is 2.21. The Kier molecular flexibility index (Phi) is 1.89. The first kappa shape index (κ1) is 10.2. The highest BCUT2D eigenvalue weighted by Gasteiger charge is 2.64. The van der Waals surface area contributed by atoms with E-state index in [1.54, 1.807) is 0 Å². The molecular weight excluding hydrogens is 202 g/mol. The van der Waals surface area contributed by atoms with Crippen LogP contribution in [0, 0.1) is 0 Å². The summed E-state index contributed by atoms with van der Waals surface area (Å²) in [7, 11) is 0. The van der Waals surface area contributed by atoms with E-state index < -0.39 is 42.9 Å². The Morgan fingerprint density at radius 3 is 2.14 bits per heavy atom. The molecule has 2 unspecified atom stereocenters. The summed E-state index contributed by atoms with van der Waals surface area (Å²) >= 11 is 0. The van der Waals surface area contributed by atoms with Crippen molar-refractivity contribution >= 4 is 0 Å². The quantitative estimate of drug-likeness (QED) is 0.591. The monoisotopic (exact) mass is 213 g/mol. The molecule has 1 spiro atoms. The summed E-state index contributed by atoms with van der Waals surface area (Å²) in [6.45, 7) is -0.718. The zero-order valence-corrected chi connectivity index (χ0v) is 7.36. The normalized spacial score (nSPS) is 44.8. The SMILES string of the molecule is OC1C(F)(F)CNC12CCC(F)(F)C2. The molecule has 6 heteroatoms. The lowest BCUT2D eigenvalue weighted by atomic mass is 9.91. The molecule has 2 atom stereocenters. The molecule has 0 amide bonds. The molecule has 0 bridgehead atoms. The summed E-state index contributed by atoms with van der Waals surface area (Å²) in [6.07, 6.45) is -3.23. The predicted molar refractivity (Wildman–Crippen MR) is 40.5 cm³/mol. The van der Waals surface area contributed by atoms with Gasteiger partial charge in [0, 0.05) is 12.8 Å². The van der Waals surface area contributed by atoms with Gasteiger partial charge in [0.25, 0.3) is 5.92 Å². The van der Waals surface area contributed by atoms with Gasteiger partial charge in [-0.25, -0.2) is 17.6 Å². The van der Waals surface area contributed by atoms with Crippen molar-refractivity contribution in [1.29, 1.82) is 0 Å². The molecular formula is C8H11F4NO. The fraction of sp³-hybridized carbons (Fsp3) is 1.00. The number of hydrogen-bond donors (Lipinski definition) is 2. The van der Waals surface area contributed by atoms with Crippen molar-refractivity contribution in [3.8, 4) is 0 Å². The van der Waals surface area contributed by atoms with Gasteiger partial charge in [-0.3, -0.25) is 0 Å². The number of halogens is 4. The van der Waals surface area contributed by atoms with Crippen molar-refractivity contribution in [1.82, 2.24) is 5.32 Å². The topological polar surface area (TPSA) is 32.3 Å². The minimum atomic E-state index is -3.29. The molecule has 14 heavy (non-hydrogen) atoms. The second kappa shape index (κ2) is 2.61. The van der Waals surface area contributed by atoms with Gasteiger partial charge >= 0.3 is 0 Å². The van der Waals surface area contributed by atoms with Crippen LogP contribution in [0.1, 0.15) is 19.3 Å². The van der Waals surface area contributed by atoms with Crippen LogP contribution in [0.15, 0.2) is 0 Å². The Morgan fingerprint density at radius 2 is 1.79 bits per heavy atom. The molecule has 1 aliphatic carbocycles. The van der Waals surface area contributed by atoms with Crippen LogP contribution in [0.3, 0.4) is 0 Å². The molecule has 0 aromatic rings. The van der Waals surface area contributed by atoms with Crippen LogP contribution in [-0.4, -0.2) is 35.1 Å². The second-order valence-corrected chi connectivity index (χ2v) is 4.21. The van der Waals surface area contributed by atoms with Crippen LogP contribution in [0.5, 0.6) is 0 Å². The summed E-state index contributed by atoms with van der Waals surface area (Å²) in [6, 6.07) is 0. The molecule has 0 aromatic carbocycles. The first-order chi connectivity index (χ1) is 6.28. The minimum absolute atomic E-state index is 0.100. The van der Waals surface area contributed by atoms with E-state index in [-0.39, 0.29) is 6.42 Å². The number of hydrogen-bond acceptors (Lipinski definition) is 2. The van der Waals surface area contributed by atoms with Gasteiger partial charge in [0.1, 0.15) is 6.10 Å². The van der Waals surface area contributed by atoms with E-state index in [0.29, 0.717) is 0 Å². The van der Waals surface area contributed by atoms with Crippen molar-refractivity contribution in [2.45, 2.75) is 42.8 Å². The molecule has 1 aliphatic heterocycles. The van der Waals surface area contributed by atoms with Crippen molar-refractivity contribution in [3.63, 3.8) is 0 Å². The average Bonchev–Trinajstić information content (AvgIpc) is 2.47. The van der Waals surface area contributed by atoms with Crippen LogP contribution in [-0.2, 0) is 0 Å². The predicted octanol–water partition coefficient (Wildman–Crippen LogP) is 1.14. The maximum atomic E-state index is 12.9. The van der Waals surface area contributed by atoms with E-state index in [4.69, 9.17) is 0 Å². The first-order valence-corrected chi connectivity index (χ1v) is 4.46. The van der Waals surface area contributed by atoms with Gasteiger partial charge in [-0.2, -0.15) is 0 Å². The van der Waals surface area contributed by atoms with E-state index in [0.717, 1.165) is 0 Å². The maximum absolute atomic E-state index is 12.9. The standard InChI is InChI=1S/C8H11F4NO/c9-7(10)2-1-6(3-7)5(14)8(11,12)4-13-6/h5,13-14H,1-4H2. The third-order valence-corrected chi connectivity index (χ3v) is 3.11. The van der Waals surface area contributed by atoms with Crippen LogP contribution in [0.4, 0.5) is 17.6 Å². The van der Waals surface area contributed by atoms with Gasteiger partial charge in [-0.15, -0.1) is 0 Å². The Labute approximate surface area is 78.3 Å². The summed E-state index contributed by atoms with van der Waals surface area (Å²) in [5, 5.41) is 11.6. The fourth-order valence-corrected chi connectivity index (χ4v) is 2.32. The number of rotatable bonds is 0. The molecule has 1 saturated carbocycles. The van der Waals surface area contributed by atoms with E-state index >= 15 is 0 Å². The van der Waals surface area contributed by atoms with Crippen LogP contribution in [0.25, 0.3) is 0 Å². The molecule has 2 nitrogen and oxygen atoms in total. The fourth-order valence-electron chi connectivity index (χ4n) is 2.32. The van der Waals surface area contributed by atoms with Crippen molar-refractivity contribution < 1.29 is 22.7 Å². The smallest absolute Gasteiger partial charge is 0.287 e. The largest absolute Gasteiger partial charge is 0.385 e. The van der Waals surface area contributed by atoms with E-state index in [2.05, 4.69) is 5.32 Å². The van der Waals surface area contributed by atoms with Gasteiger partial charge in [0.15, 0.2) is 0 Å². The number of nitrogens with one attached hydrogen (secondary N) is 1. The molecule has 2 N–H and O–H groups in total. The summed E-state index contributed by atoms with van der Waals surface area (Å²) in [4.78, 5) is 0. The van der Waals surface area contributed by atoms with Gasteiger partial charge in [0.05, 0.1) is 12.1 Å². The highest BCUT2D eigenvalue weighted by molar-refractivity contribution is 5.13. The van der Waals surface area contributed by atoms with E-state index in [1.165, 1.54) is 0 Å². The van der Waals surface area contributed by atoms with E-state index in [1.807, 2.05) is 0 Å². The third kappa shape index (κ3) is 1.32. The molecule has 2 fully saturated rings. The average molecular weight is 213 g/mol. The zero-order chi connectivity index (χ0) is 10.6. The molecule has 0 radical (unpaired) electrons. The maximum Gasteiger partial charge on any atom is 0.287 e. The Hall–Kier alpha value is -0.360. The lowest BCUT2D eigenvalue weighted by Gasteiger charge is -2.28. The summed E-state index contributed by atoms with van der Waals surface area (Å²) in [5.74, 6) is -6.23. The second-order valence-electron chi connectivity index (χ2n) is 4.21. The number of aliphatic hydroxyl groups is 1.